The lowest BCUT2D eigenvalue weighted by atomic mass is 9.90. The third-order valence-corrected chi connectivity index (χ3v) is 6.50. The topological polar surface area (TPSA) is 105 Å². The molecule has 1 aromatic heterocycles. The molecule has 1 amide bonds. The molecular weight excluding hydrogens is 410 g/mol. The van der Waals surface area contributed by atoms with Gasteiger partial charge in [0.25, 0.3) is 5.91 Å². The van der Waals surface area contributed by atoms with Crippen LogP contribution < -0.4 is 11.1 Å². The van der Waals surface area contributed by atoms with Crippen molar-refractivity contribution < 1.29 is 14.3 Å². The monoisotopic (exact) mass is 431 g/mol. The molecule has 0 saturated heterocycles. The summed E-state index contributed by atoms with van der Waals surface area (Å²) in [6.07, 6.45) is 0.953. The van der Waals surface area contributed by atoms with Crippen LogP contribution in [0, 0.1) is 11.3 Å². The number of thiophene rings is 1. The molecule has 0 spiro atoms. The number of fused-ring (bicyclic) bond motifs is 3. The molecule has 1 aliphatic rings. The van der Waals surface area contributed by atoms with Crippen molar-refractivity contribution in [1.82, 2.24) is 0 Å². The van der Waals surface area contributed by atoms with Crippen molar-refractivity contribution in [2.45, 2.75) is 32.3 Å². The Morgan fingerprint density at radius 2 is 1.94 bits per heavy atom. The maximum Gasteiger partial charge on any atom is 0.338 e. The molecule has 3 aromatic rings. The molecule has 0 fully saturated rings. The van der Waals surface area contributed by atoms with Gasteiger partial charge in [-0.1, -0.05) is 31.2 Å². The number of amides is 1. The SMILES string of the molecule is CCC(OC(=O)c1ccc(N)cc1)C(=O)Nc1sc2c(c1C#N)CCc1ccccc1-2. The Morgan fingerprint density at radius 1 is 1.19 bits per heavy atom. The van der Waals surface area contributed by atoms with Crippen LogP contribution in [0.25, 0.3) is 10.4 Å². The molecule has 2 aromatic carbocycles. The molecule has 0 saturated carbocycles. The fourth-order valence-electron chi connectivity index (χ4n) is 3.68. The van der Waals surface area contributed by atoms with Gasteiger partial charge in [0.2, 0.25) is 0 Å². The number of rotatable bonds is 5. The molecule has 0 aliphatic heterocycles. The summed E-state index contributed by atoms with van der Waals surface area (Å²) < 4.78 is 5.42. The van der Waals surface area contributed by atoms with E-state index in [0.29, 0.717) is 28.2 Å². The molecule has 6 nitrogen and oxygen atoms in total. The number of aryl methyl sites for hydroxylation is 1. The predicted octanol–water partition coefficient (Wildman–Crippen LogP) is 4.54. The van der Waals surface area contributed by atoms with E-state index in [4.69, 9.17) is 10.5 Å². The number of nitrogens with zero attached hydrogens (tertiary/aromatic N) is 1. The summed E-state index contributed by atoms with van der Waals surface area (Å²) in [6.45, 7) is 1.77. The van der Waals surface area contributed by atoms with Gasteiger partial charge in [-0.05, 0) is 60.2 Å². The highest BCUT2D eigenvalue weighted by Crippen LogP contribution is 2.44. The second-order valence-electron chi connectivity index (χ2n) is 7.30. The molecule has 1 heterocycles. The Labute approximate surface area is 184 Å². The molecule has 7 heteroatoms. The number of carbonyl (C=O) groups excluding carboxylic acids is 2. The number of nitrogens with one attached hydrogen (secondary N) is 1. The van der Waals surface area contributed by atoms with Crippen LogP contribution in [0.2, 0.25) is 0 Å². The molecule has 4 rings (SSSR count). The average Bonchev–Trinajstić information content (AvgIpc) is 3.15. The normalized spacial score (nSPS) is 12.8. The minimum atomic E-state index is -0.969. The second kappa shape index (κ2) is 8.62. The molecule has 0 bridgehead atoms. The maximum absolute atomic E-state index is 12.9. The Bertz CT molecular complexity index is 1190. The maximum atomic E-state index is 12.9. The minimum Gasteiger partial charge on any atom is -0.449 e. The van der Waals surface area contributed by atoms with Gasteiger partial charge in [-0.25, -0.2) is 4.79 Å². The van der Waals surface area contributed by atoms with E-state index in [1.807, 2.05) is 18.2 Å². The number of anilines is 2. The van der Waals surface area contributed by atoms with Crippen LogP contribution >= 0.6 is 11.3 Å². The molecule has 1 aliphatic carbocycles. The molecule has 0 radical (unpaired) electrons. The zero-order chi connectivity index (χ0) is 22.0. The third kappa shape index (κ3) is 4.03. The molecular formula is C24H21N3O3S. The van der Waals surface area contributed by atoms with E-state index in [1.165, 1.54) is 16.9 Å². The first kappa shape index (κ1) is 20.6. The van der Waals surface area contributed by atoms with Crippen LogP contribution in [-0.4, -0.2) is 18.0 Å². The lowest BCUT2D eigenvalue weighted by molar-refractivity contribution is -0.124. The number of nitriles is 1. The van der Waals surface area contributed by atoms with Gasteiger partial charge in [0.05, 0.1) is 11.1 Å². The van der Waals surface area contributed by atoms with E-state index in [-0.39, 0.29) is 0 Å². The lowest BCUT2D eigenvalue weighted by Gasteiger charge is -2.16. The van der Waals surface area contributed by atoms with Crippen LogP contribution in [0.1, 0.15) is 40.4 Å². The predicted molar refractivity (Wildman–Crippen MR) is 121 cm³/mol. The number of ether oxygens (including phenoxy) is 1. The summed E-state index contributed by atoms with van der Waals surface area (Å²) in [5, 5.41) is 13.1. The van der Waals surface area contributed by atoms with E-state index in [1.54, 1.807) is 31.2 Å². The Balaban J connectivity index is 1.55. The molecule has 1 unspecified atom stereocenters. The zero-order valence-electron chi connectivity index (χ0n) is 17.0. The second-order valence-corrected chi connectivity index (χ2v) is 8.32. The first-order chi connectivity index (χ1) is 15.0. The van der Waals surface area contributed by atoms with Crippen molar-refractivity contribution in [3.63, 3.8) is 0 Å². The summed E-state index contributed by atoms with van der Waals surface area (Å²) in [5.41, 5.74) is 10.3. The van der Waals surface area contributed by atoms with Gasteiger partial charge in [0.1, 0.15) is 11.1 Å². The number of hydrogen-bond acceptors (Lipinski definition) is 6. The summed E-state index contributed by atoms with van der Waals surface area (Å²) in [5.74, 6) is -1.04. The van der Waals surface area contributed by atoms with Gasteiger partial charge in [-0.3, -0.25) is 4.79 Å². The first-order valence-corrected chi connectivity index (χ1v) is 10.8. The van der Waals surface area contributed by atoms with Crippen LogP contribution in [0.15, 0.2) is 48.5 Å². The summed E-state index contributed by atoms with van der Waals surface area (Å²) in [6, 6.07) is 16.7. The molecule has 1 atom stereocenters. The van der Waals surface area contributed by atoms with Crippen molar-refractivity contribution >= 4 is 33.9 Å². The van der Waals surface area contributed by atoms with Crippen LogP contribution in [0.4, 0.5) is 10.7 Å². The highest BCUT2D eigenvalue weighted by atomic mass is 32.1. The molecule has 31 heavy (non-hydrogen) atoms. The quantitative estimate of drug-likeness (QED) is 0.456. The zero-order valence-corrected chi connectivity index (χ0v) is 17.8. The van der Waals surface area contributed by atoms with Crippen molar-refractivity contribution in [3.8, 4) is 16.5 Å². The highest BCUT2D eigenvalue weighted by molar-refractivity contribution is 7.20. The molecule has 156 valence electrons. The van der Waals surface area contributed by atoms with E-state index < -0.39 is 18.0 Å². The molecule has 3 N–H and O–H groups in total. The summed E-state index contributed by atoms with van der Waals surface area (Å²) in [4.78, 5) is 26.3. The van der Waals surface area contributed by atoms with Crippen LogP contribution in [0.3, 0.4) is 0 Å². The number of nitrogens with two attached hydrogens (primary N) is 1. The van der Waals surface area contributed by atoms with Gasteiger partial charge in [-0.15, -0.1) is 11.3 Å². The van der Waals surface area contributed by atoms with Gasteiger partial charge in [0.15, 0.2) is 6.10 Å². The van der Waals surface area contributed by atoms with E-state index >= 15 is 0 Å². The Hall–Kier alpha value is -3.63. The smallest absolute Gasteiger partial charge is 0.338 e. The standard InChI is InChI=1S/C24H21N3O3S/c1-2-20(30-24(29)15-7-10-16(26)11-8-15)22(28)27-23-19(13-25)18-12-9-14-5-3-4-6-17(14)21(18)31-23/h3-8,10-11,20H,2,9,12,26H2,1H3,(H,27,28). The Kier molecular flexibility index (Phi) is 5.74. The fraction of sp³-hybridized carbons (Fsp3) is 0.208. The van der Waals surface area contributed by atoms with Crippen molar-refractivity contribution in [1.29, 1.82) is 5.26 Å². The number of carbonyl (C=O) groups is 2. The van der Waals surface area contributed by atoms with Gasteiger partial charge < -0.3 is 15.8 Å². The van der Waals surface area contributed by atoms with Crippen molar-refractivity contribution in [2.75, 3.05) is 11.1 Å². The van der Waals surface area contributed by atoms with Gasteiger partial charge >= 0.3 is 5.97 Å². The number of nitrogen functional groups attached to an aromatic ring is 1. The number of hydrogen-bond donors (Lipinski definition) is 2. The number of benzene rings is 2. The van der Waals surface area contributed by atoms with E-state index in [9.17, 15) is 14.9 Å². The lowest BCUT2D eigenvalue weighted by Crippen LogP contribution is -2.32. The largest absolute Gasteiger partial charge is 0.449 e. The first-order valence-electron chi connectivity index (χ1n) is 10.0. The van der Waals surface area contributed by atoms with Gasteiger partial charge in [-0.2, -0.15) is 5.26 Å². The van der Waals surface area contributed by atoms with Crippen molar-refractivity contribution in [2.24, 2.45) is 0 Å². The van der Waals surface area contributed by atoms with E-state index in [0.717, 1.165) is 28.8 Å². The van der Waals surface area contributed by atoms with Crippen LogP contribution in [0.5, 0.6) is 0 Å². The third-order valence-electron chi connectivity index (χ3n) is 5.32. The van der Waals surface area contributed by atoms with Crippen LogP contribution in [-0.2, 0) is 22.4 Å². The highest BCUT2D eigenvalue weighted by Gasteiger charge is 2.28. The Morgan fingerprint density at radius 3 is 2.65 bits per heavy atom. The summed E-state index contributed by atoms with van der Waals surface area (Å²) in [7, 11) is 0. The van der Waals surface area contributed by atoms with E-state index in [2.05, 4.69) is 17.5 Å². The van der Waals surface area contributed by atoms with Crippen molar-refractivity contribution in [3.05, 3.63) is 70.8 Å². The number of esters is 1. The summed E-state index contributed by atoms with van der Waals surface area (Å²) >= 11 is 1.39. The fourth-order valence-corrected chi connectivity index (χ4v) is 4.94. The van der Waals surface area contributed by atoms with Gasteiger partial charge in [0, 0.05) is 10.6 Å². The average molecular weight is 432 g/mol. The minimum absolute atomic E-state index is 0.308.